The molecule has 0 saturated heterocycles. The molecule has 1 aromatic carbocycles. The van der Waals surface area contributed by atoms with Crippen LogP contribution in [0.25, 0.3) is 0 Å². The van der Waals surface area contributed by atoms with Gasteiger partial charge < -0.3 is 5.11 Å². The lowest BCUT2D eigenvalue weighted by Gasteiger charge is -2.32. The Morgan fingerprint density at radius 2 is 1.96 bits per heavy atom. The van der Waals surface area contributed by atoms with Gasteiger partial charge in [0.1, 0.15) is 0 Å². The number of benzene rings is 1. The second-order valence-corrected chi connectivity index (χ2v) is 6.12. The fourth-order valence-electron chi connectivity index (χ4n) is 2.53. The summed E-state index contributed by atoms with van der Waals surface area (Å²) in [6.45, 7) is 3.67. The van der Waals surface area contributed by atoms with Gasteiger partial charge in [-0.15, -0.1) is 0 Å². The minimum Gasteiger partial charge on any atom is -0.362 e. The fraction of sp³-hybridized carbons (Fsp3) is 0.500. The number of aliphatic hydroxyl groups is 1. The summed E-state index contributed by atoms with van der Waals surface area (Å²) in [5.41, 5.74) is -2.51. The highest BCUT2D eigenvalue weighted by molar-refractivity contribution is 5.91. The van der Waals surface area contributed by atoms with Gasteiger partial charge in [0, 0.05) is 12.1 Å². The van der Waals surface area contributed by atoms with Gasteiger partial charge in [-0.25, -0.2) is 0 Å². The van der Waals surface area contributed by atoms with Crippen LogP contribution in [0.4, 0.5) is 13.2 Å². The highest BCUT2D eigenvalue weighted by Crippen LogP contribution is 2.41. The average molecular weight is 328 g/mol. The molecule has 1 aliphatic rings. The van der Waals surface area contributed by atoms with Crippen LogP contribution < -0.4 is 0 Å². The molecular weight excluding hydrogens is 309 g/mol. The monoisotopic (exact) mass is 328 g/mol. The quantitative estimate of drug-likeness (QED) is 0.923. The van der Waals surface area contributed by atoms with Gasteiger partial charge in [0.25, 0.3) is 5.72 Å². The molecule has 1 heterocycles. The maximum Gasteiger partial charge on any atom is 0.438 e. The van der Waals surface area contributed by atoms with E-state index in [9.17, 15) is 23.1 Å². The van der Waals surface area contributed by atoms with Crippen molar-refractivity contribution >= 4 is 11.6 Å². The number of carbonyl (C=O) groups is 1. The number of carbonyl (C=O) groups excluding carboxylic acids is 1. The summed E-state index contributed by atoms with van der Waals surface area (Å²) in [6, 6.07) is 8.40. The Hall–Kier alpha value is -1.89. The second kappa shape index (κ2) is 6.31. The van der Waals surface area contributed by atoms with Crippen LogP contribution in [0.15, 0.2) is 35.4 Å². The molecule has 4 nitrogen and oxygen atoms in total. The Balaban J connectivity index is 2.26. The predicted molar refractivity (Wildman–Crippen MR) is 79.5 cm³/mol. The molecule has 1 N–H and O–H groups in total. The SMILES string of the molecule is CC(C)CC1=NN(C(=O)Cc2ccccc2)[C@](O)(C(F)(F)F)C1. The number of hydrazone groups is 1. The summed E-state index contributed by atoms with van der Waals surface area (Å²) >= 11 is 0. The van der Waals surface area contributed by atoms with E-state index in [1.165, 1.54) is 0 Å². The molecule has 0 aromatic heterocycles. The molecule has 126 valence electrons. The zero-order valence-corrected chi connectivity index (χ0v) is 13.0. The van der Waals surface area contributed by atoms with E-state index in [0.717, 1.165) is 0 Å². The molecule has 0 aliphatic carbocycles. The first-order valence-electron chi connectivity index (χ1n) is 7.36. The number of hydrogen-bond acceptors (Lipinski definition) is 3. The van der Waals surface area contributed by atoms with Crippen molar-refractivity contribution < 1.29 is 23.1 Å². The molecule has 0 spiro atoms. The molecule has 0 saturated carbocycles. The largest absolute Gasteiger partial charge is 0.438 e. The normalized spacial score (nSPS) is 21.7. The van der Waals surface area contributed by atoms with Crippen LogP contribution >= 0.6 is 0 Å². The van der Waals surface area contributed by atoms with E-state index in [0.29, 0.717) is 12.0 Å². The predicted octanol–water partition coefficient (Wildman–Crippen LogP) is 3.11. The number of alkyl halides is 3. The van der Waals surface area contributed by atoms with Crippen LogP contribution in [0.3, 0.4) is 0 Å². The van der Waals surface area contributed by atoms with Crippen LogP contribution in [-0.2, 0) is 11.2 Å². The smallest absolute Gasteiger partial charge is 0.362 e. The van der Waals surface area contributed by atoms with E-state index in [1.807, 2.05) is 13.8 Å². The lowest BCUT2D eigenvalue weighted by atomic mass is 9.99. The number of nitrogens with zero attached hydrogens (tertiary/aromatic N) is 2. The van der Waals surface area contributed by atoms with Gasteiger partial charge in [-0.05, 0) is 17.9 Å². The van der Waals surface area contributed by atoms with Gasteiger partial charge in [0.2, 0.25) is 5.91 Å². The van der Waals surface area contributed by atoms with Crippen molar-refractivity contribution in [3.8, 4) is 0 Å². The zero-order chi connectivity index (χ0) is 17.3. The maximum absolute atomic E-state index is 13.3. The summed E-state index contributed by atoms with van der Waals surface area (Å²) in [7, 11) is 0. The van der Waals surface area contributed by atoms with E-state index in [2.05, 4.69) is 5.10 Å². The fourth-order valence-corrected chi connectivity index (χ4v) is 2.53. The molecule has 0 radical (unpaired) electrons. The van der Waals surface area contributed by atoms with E-state index >= 15 is 0 Å². The van der Waals surface area contributed by atoms with Crippen molar-refractivity contribution in [3.63, 3.8) is 0 Å². The standard InChI is InChI=1S/C16H19F3N2O2/c1-11(2)8-13-10-15(23,16(17,18)19)21(20-13)14(22)9-12-6-4-3-5-7-12/h3-7,11,23H,8-10H2,1-2H3/t15-/m1/s1. The summed E-state index contributed by atoms with van der Waals surface area (Å²) in [5.74, 6) is -0.801. The Kier molecular flexibility index (Phi) is 4.79. The van der Waals surface area contributed by atoms with Crippen molar-refractivity contribution in [1.82, 2.24) is 5.01 Å². The molecule has 7 heteroatoms. The number of halogens is 3. The highest BCUT2D eigenvalue weighted by Gasteiger charge is 2.62. The molecule has 1 atom stereocenters. The Labute approximate surface area is 132 Å². The molecule has 0 unspecified atom stereocenters. The minimum atomic E-state index is -4.97. The first-order chi connectivity index (χ1) is 10.6. The number of hydrogen-bond donors (Lipinski definition) is 1. The lowest BCUT2D eigenvalue weighted by molar-refractivity contribution is -0.302. The molecular formula is C16H19F3N2O2. The lowest BCUT2D eigenvalue weighted by Crippen LogP contribution is -2.57. The van der Waals surface area contributed by atoms with Crippen LogP contribution in [0.1, 0.15) is 32.3 Å². The molecule has 1 aromatic rings. The molecule has 1 amide bonds. The van der Waals surface area contributed by atoms with Crippen LogP contribution in [0.2, 0.25) is 0 Å². The van der Waals surface area contributed by atoms with Gasteiger partial charge in [0.15, 0.2) is 0 Å². The van der Waals surface area contributed by atoms with Gasteiger partial charge in [-0.1, -0.05) is 44.2 Å². The van der Waals surface area contributed by atoms with E-state index in [-0.39, 0.29) is 23.1 Å². The van der Waals surface area contributed by atoms with E-state index < -0.39 is 24.2 Å². The molecule has 2 rings (SSSR count). The van der Waals surface area contributed by atoms with Gasteiger partial charge >= 0.3 is 6.18 Å². The van der Waals surface area contributed by atoms with Crippen molar-refractivity contribution in [2.75, 3.05) is 0 Å². The third-order valence-corrected chi connectivity index (χ3v) is 3.57. The molecule has 0 bridgehead atoms. The average Bonchev–Trinajstić information content (AvgIpc) is 2.77. The number of amides is 1. The summed E-state index contributed by atoms with van der Waals surface area (Å²) in [6.07, 6.45) is -5.62. The maximum atomic E-state index is 13.3. The summed E-state index contributed by atoms with van der Waals surface area (Å²) in [4.78, 5) is 12.3. The van der Waals surface area contributed by atoms with Gasteiger partial charge in [-0.3, -0.25) is 4.79 Å². The Morgan fingerprint density at radius 1 is 1.35 bits per heavy atom. The van der Waals surface area contributed by atoms with Crippen molar-refractivity contribution in [2.24, 2.45) is 11.0 Å². The second-order valence-electron chi connectivity index (χ2n) is 6.12. The Morgan fingerprint density at radius 3 is 2.48 bits per heavy atom. The Bertz CT molecular complexity index is 599. The highest BCUT2D eigenvalue weighted by atomic mass is 19.4. The van der Waals surface area contributed by atoms with Gasteiger partial charge in [-0.2, -0.15) is 23.3 Å². The third-order valence-electron chi connectivity index (χ3n) is 3.57. The van der Waals surface area contributed by atoms with Crippen molar-refractivity contribution in [2.45, 2.75) is 45.0 Å². The first kappa shape index (κ1) is 17.5. The van der Waals surface area contributed by atoms with E-state index in [1.54, 1.807) is 30.3 Å². The molecule has 0 fully saturated rings. The van der Waals surface area contributed by atoms with Crippen molar-refractivity contribution in [1.29, 1.82) is 0 Å². The molecule has 1 aliphatic heterocycles. The van der Waals surface area contributed by atoms with Crippen molar-refractivity contribution in [3.05, 3.63) is 35.9 Å². The first-order valence-corrected chi connectivity index (χ1v) is 7.36. The van der Waals surface area contributed by atoms with Crippen LogP contribution in [0.5, 0.6) is 0 Å². The van der Waals surface area contributed by atoms with Gasteiger partial charge in [0.05, 0.1) is 6.42 Å². The third kappa shape index (κ3) is 3.72. The molecule has 23 heavy (non-hydrogen) atoms. The topological polar surface area (TPSA) is 52.9 Å². The summed E-state index contributed by atoms with van der Waals surface area (Å²) < 4.78 is 39.9. The van der Waals surface area contributed by atoms with E-state index in [4.69, 9.17) is 0 Å². The van der Waals surface area contributed by atoms with Crippen LogP contribution in [-0.4, -0.2) is 33.6 Å². The number of rotatable bonds is 4. The minimum absolute atomic E-state index is 0.0791. The summed E-state index contributed by atoms with van der Waals surface area (Å²) in [5, 5.41) is 14.1. The van der Waals surface area contributed by atoms with Crippen LogP contribution in [0, 0.1) is 5.92 Å². The zero-order valence-electron chi connectivity index (χ0n) is 13.0.